The van der Waals surface area contributed by atoms with Gasteiger partial charge in [-0.3, -0.25) is 9.59 Å². The number of benzene rings is 2. The van der Waals surface area contributed by atoms with Crippen LogP contribution in [0, 0.1) is 5.92 Å². The molecule has 7 nitrogen and oxygen atoms in total. The first-order valence-corrected chi connectivity index (χ1v) is 11.0. The van der Waals surface area contributed by atoms with E-state index in [1.807, 2.05) is 24.3 Å². The van der Waals surface area contributed by atoms with Crippen LogP contribution in [0.15, 0.2) is 60.3 Å². The van der Waals surface area contributed by atoms with Gasteiger partial charge in [0.1, 0.15) is 11.5 Å². The number of hydrogen-bond acceptors (Lipinski definition) is 5. The number of aromatic amines is 1. The summed E-state index contributed by atoms with van der Waals surface area (Å²) in [5.41, 5.74) is 2.15. The molecule has 1 saturated heterocycles. The van der Waals surface area contributed by atoms with Gasteiger partial charge in [0.05, 0.1) is 24.8 Å². The number of ketones is 1. The summed E-state index contributed by atoms with van der Waals surface area (Å²) >= 11 is 0. The number of hydrogen-bond donors (Lipinski definition) is 2. The second-order valence-corrected chi connectivity index (χ2v) is 8.50. The van der Waals surface area contributed by atoms with Crippen molar-refractivity contribution in [3.63, 3.8) is 0 Å². The van der Waals surface area contributed by atoms with Crippen LogP contribution in [-0.4, -0.2) is 53.5 Å². The molecule has 1 amide bonds. The maximum Gasteiger partial charge on any atom is 0.295 e. The van der Waals surface area contributed by atoms with Gasteiger partial charge in [-0.1, -0.05) is 32.0 Å². The fourth-order valence-electron chi connectivity index (χ4n) is 4.07. The van der Waals surface area contributed by atoms with Crippen LogP contribution in [0.25, 0.3) is 16.7 Å². The molecule has 1 fully saturated rings. The molecule has 0 bridgehead atoms. The Balaban J connectivity index is 1.79. The van der Waals surface area contributed by atoms with Crippen molar-refractivity contribution in [3.8, 4) is 5.75 Å². The summed E-state index contributed by atoms with van der Waals surface area (Å²) < 4.78 is 10.9. The van der Waals surface area contributed by atoms with Crippen LogP contribution in [0.1, 0.15) is 31.0 Å². The number of carbonyl (C=O) groups is 2. The Labute approximate surface area is 192 Å². The third kappa shape index (κ3) is 4.36. The molecule has 7 heteroatoms. The number of Topliss-reactive ketones (excluding diaryl/α,β-unsaturated/α-hetero) is 1. The summed E-state index contributed by atoms with van der Waals surface area (Å²) in [6, 6.07) is 13.8. The third-order valence-corrected chi connectivity index (χ3v) is 5.70. The van der Waals surface area contributed by atoms with Crippen LogP contribution in [0.5, 0.6) is 5.75 Å². The number of rotatable bonds is 8. The molecule has 1 atom stereocenters. The zero-order chi connectivity index (χ0) is 23.5. The van der Waals surface area contributed by atoms with E-state index < -0.39 is 17.7 Å². The van der Waals surface area contributed by atoms with Gasteiger partial charge in [-0.25, -0.2) is 0 Å². The number of aliphatic hydroxyl groups excluding tert-OH is 1. The molecule has 1 aliphatic rings. The molecule has 0 aliphatic carbocycles. The maximum atomic E-state index is 13.1. The average Bonchev–Trinajstić information content (AvgIpc) is 3.35. The Morgan fingerprint density at radius 2 is 1.85 bits per heavy atom. The largest absolute Gasteiger partial charge is 0.507 e. The lowest BCUT2D eigenvalue weighted by molar-refractivity contribution is -0.140. The highest BCUT2D eigenvalue weighted by atomic mass is 16.5. The number of amides is 1. The molecule has 0 spiro atoms. The highest BCUT2D eigenvalue weighted by Crippen LogP contribution is 2.41. The smallest absolute Gasteiger partial charge is 0.295 e. The zero-order valence-electron chi connectivity index (χ0n) is 19.0. The van der Waals surface area contributed by atoms with E-state index in [1.165, 1.54) is 4.90 Å². The number of ether oxygens (including phenoxy) is 2. The number of aliphatic hydroxyl groups is 1. The normalized spacial score (nSPS) is 17.9. The van der Waals surface area contributed by atoms with Crippen LogP contribution in [0.3, 0.4) is 0 Å². The van der Waals surface area contributed by atoms with Crippen molar-refractivity contribution in [2.45, 2.75) is 19.9 Å². The summed E-state index contributed by atoms with van der Waals surface area (Å²) in [5, 5.41) is 12.1. The maximum absolute atomic E-state index is 13.1. The van der Waals surface area contributed by atoms with E-state index in [0.717, 1.165) is 16.5 Å². The number of likely N-dealkylation sites (tertiary alicyclic amines) is 1. The topological polar surface area (TPSA) is 91.9 Å². The fourth-order valence-corrected chi connectivity index (χ4v) is 4.07. The predicted octanol–water partition coefficient (Wildman–Crippen LogP) is 4.27. The molecule has 2 aromatic carbocycles. The Morgan fingerprint density at radius 3 is 2.55 bits per heavy atom. The third-order valence-electron chi connectivity index (χ3n) is 5.70. The minimum absolute atomic E-state index is 0.0664. The highest BCUT2D eigenvalue weighted by Gasteiger charge is 2.46. The molecule has 1 unspecified atom stereocenters. The van der Waals surface area contributed by atoms with E-state index in [0.29, 0.717) is 23.8 Å². The van der Waals surface area contributed by atoms with Crippen LogP contribution in [-0.2, 0) is 14.3 Å². The van der Waals surface area contributed by atoms with Gasteiger partial charge in [0.25, 0.3) is 11.7 Å². The van der Waals surface area contributed by atoms with E-state index in [4.69, 9.17) is 9.47 Å². The van der Waals surface area contributed by atoms with Crippen LogP contribution < -0.4 is 4.74 Å². The summed E-state index contributed by atoms with van der Waals surface area (Å²) in [5.74, 6) is -0.509. The summed E-state index contributed by atoms with van der Waals surface area (Å²) in [6.07, 6.45) is 1.79. The summed E-state index contributed by atoms with van der Waals surface area (Å²) in [6.45, 7) is 5.20. The molecule has 2 heterocycles. The average molecular weight is 449 g/mol. The van der Waals surface area contributed by atoms with Gasteiger partial charge in [-0.05, 0) is 36.2 Å². The molecule has 2 N–H and O–H groups in total. The van der Waals surface area contributed by atoms with E-state index in [-0.39, 0.29) is 24.5 Å². The minimum atomic E-state index is -0.729. The predicted molar refractivity (Wildman–Crippen MR) is 126 cm³/mol. The van der Waals surface area contributed by atoms with Gasteiger partial charge in [0.2, 0.25) is 0 Å². The molecule has 33 heavy (non-hydrogen) atoms. The molecule has 3 aromatic rings. The van der Waals surface area contributed by atoms with E-state index >= 15 is 0 Å². The Bertz CT molecular complexity index is 1190. The van der Waals surface area contributed by atoms with Crippen LogP contribution >= 0.6 is 0 Å². The van der Waals surface area contributed by atoms with Gasteiger partial charge in [0, 0.05) is 41.9 Å². The number of H-pyrrole nitrogens is 1. The molecular formula is C26H28N2O5. The molecule has 1 aliphatic heterocycles. The van der Waals surface area contributed by atoms with Crippen LogP contribution in [0.2, 0.25) is 0 Å². The lowest BCUT2D eigenvalue weighted by Crippen LogP contribution is -2.32. The van der Waals surface area contributed by atoms with Gasteiger partial charge in [-0.15, -0.1) is 0 Å². The van der Waals surface area contributed by atoms with Gasteiger partial charge in [0.15, 0.2) is 0 Å². The van der Waals surface area contributed by atoms with Crippen molar-refractivity contribution in [2.75, 3.05) is 26.9 Å². The minimum Gasteiger partial charge on any atom is -0.507 e. The summed E-state index contributed by atoms with van der Waals surface area (Å²) in [7, 11) is 1.54. The number of fused-ring (bicyclic) bond motifs is 1. The summed E-state index contributed by atoms with van der Waals surface area (Å²) in [4.78, 5) is 30.7. The lowest BCUT2D eigenvalue weighted by atomic mass is 9.95. The number of nitrogens with zero attached hydrogens (tertiary/aromatic N) is 1. The number of methoxy groups -OCH3 is 1. The fraction of sp³-hybridized carbons (Fsp3) is 0.308. The number of nitrogens with one attached hydrogen (secondary N) is 1. The Hall–Kier alpha value is -3.58. The number of para-hydroxylation sites is 1. The molecular weight excluding hydrogens is 420 g/mol. The van der Waals surface area contributed by atoms with Crippen molar-refractivity contribution in [3.05, 3.63) is 71.4 Å². The standard InChI is InChI=1S/C26H28N2O5/c1-16(2)15-33-18-10-8-17(9-11-18)24(29)22-23(28(12-13-32-3)26(31)25(22)30)20-14-27-21-7-5-4-6-19(20)21/h4-11,14,16,23,27,29H,12-13,15H2,1-3H3/b24-22+. The number of aromatic nitrogens is 1. The van der Waals surface area contributed by atoms with E-state index in [9.17, 15) is 14.7 Å². The molecule has 0 radical (unpaired) electrons. The molecule has 172 valence electrons. The zero-order valence-corrected chi connectivity index (χ0v) is 19.0. The molecule has 1 aromatic heterocycles. The lowest BCUT2D eigenvalue weighted by Gasteiger charge is -2.24. The van der Waals surface area contributed by atoms with Crippen molar-refractivity contribution in [1.29, 1.82) is 0 Å². The molecule has 0 saturated carbocycles. The number of carbonyl (C=O) groups excluding carboxylic acids is 2. The van der Waals surface area contributed by atoms with E-state index in [1.54, 1.807) is 37.6 Å². The SMILES string of the molecule is COCCN1C(=O)C(=O)/C(=C(/O)c2ccc(OCC(C)C)cc2)C1c1c[nH]c2ccccc12. The van der Waals surface area contributed by atoms with Gasteiger partial charge < -0.3 is 24.5 Å². The first-order valence-electron chi connectivity index (χ1n) is 11.0. The van der Waals surface area contributed by atoms with Crippen molar-refractivity contribution < 1.29 is 24.2 Å². The molecule has 4 rings (SSSR count). The van der Waals surface area contributed by atoms with Crippen LogP contribution in [0.4, 0.5) is 0 Å². The van der Waals surface area contributed by atoms with Crippen molar-refractivity contribution in [2.24, 2.45) is 5.92 Å². The first-order chi connectivity index (χ1) is 15.9. The monoisotopic (exact) mass is 448 g/mol. The highest BCUT2D eigenvalue weighted by molar-refractivity contribution is 6.46. The van der Waals surface area contributed by atoms with Crippen molar-refractivity contribution in [1.82, 2.24) is 9.88 Å². The van der Waals surface area contributed by atoms with Gasteiger partial charge >= 0.3 is 0 Å². The Kier molecular flexibility index (Phi) is 6.51. The quantitative estimate of drug-likeness (QED) is 0.305. The first kappa shape index (κ1) is 22.6. The second kappa shape index (κ2) is 9.50. The second-order valence-electron chi connectivity index (χ2n) is 8.50. The Morgan fingerprint density at radius 1 is 1.12 bits per heavy atom. The van der Waals surface area contributed by atoms with Crippen molar-refractivity contribution >= 4 is 28.4 Å². The van der Waals surface area contributed by atoms with Gasteiger partial charge in [-0.2, -0.15) is 0 Å². The van der Waals surface area contributed by atoms with E-state index in [2.05, 4.69) is 18.8 Å².